The minimum absolute atomic E-state index is 0.0128. The van der Waals surface area contributed by atoms with Gasteiger partial charge >= 0.3 is 19.8 Å². The number of allylic oxidation sites excluding steroid dienone is 4. The molecular formula is C33H62NO9P. The first-order valence-electron chi connectivity index (χ1n) is 16.9. The third-order valence-electron chi connectivity index (χ3n) is 6.98. The second-order valence-corrected chi connectivity index (χ2v) is 12.7. The summed E-state index contributed by atoms with van der Waals surface area (Å²) in [5.74, 6) is -1.80. The molecule has 0 aliphatic rings. The Labute approximate surface area is 266 Å². The van der Waals surface area contributed by atoms with Gasteiger partial charge in [0.1, 0.15) is 12.1 Å². The van der Waals surface area contributed by atoms with Crippen molar-refractivity contribution in [2.75, 3.05) is 26.4 Å². The Bertz CT molecular complexity index is 806. The lowest BCUT2D eigenvalue weighted by molar-refractivity contribution is -0.154. The molecule has 0 aromatic heterocycles. The van der Waals surface area contributed by atoms with Gasteiger partial charge in [-0.05, 0) is 38.5 Å². The maximum atomic E-state index is 12.5. The topological polar surface area (TPSA) is 155 Å². The molecule has 10 nitrogen and oxygen atoms in total. The summed E-state index contributed by atoms with van der Waals surface area (Å²) >= 11 is 0. The lowest BCUT2D eigenvalue weighted by atomic mass is 10.1. The number of ether oxygens (including phenoxy) is 2. The molecule has 0 rings (SSSR count). The van der Waals surface area contributed by atoms with Crippen LogP contribution in [0, 0.1) is 0 Å². The van der Waals surface area contributed by atoms with Gasteiger partial charge in [-0.1, -0.05) is 115 Å². The number of carboxylic acids is 1. The summed E-state index contributed by atoms with van der Waals surface area (Å²) in [6.45, 7) is 3.76. The van der Waals surface area contributed by atoms with Gasteiger partial charge in [0, 0.05) is 13.0 Å². The number of hydrogen-bond donors (Lipinski definition) is 3. The molecule has 0 aromatic carbocycles. The van der Waals surface area contributed by atoms with Crippen molar-refractivity contribution in [3.8, 4) is 0 Å². The zero-order valence-corrected chi connectivity index (χ0v) is 28.4. The molecule has 3 atom stereocenters. The predicted molar refractivity (Wildman–Crippen MR) is 175 cm³/mol. The molecule has 0 aromatic rings. The normalized spacial score (nSPS) is 14.6. The highest BCUT2D eigenvalue weighted by molar-refractivity contribution is 7.47. The molecule has 0 saturated heterocycles. The molecule has 0 radical (unpaired) electrons. The van der Waals surface area contributed by atoms with Crippen LogP contribution in [0.3, 0.4) is 0 Å². The Morgan fingerprint density at radius 1 is 0.727 bits per heavy atom. The number of esters is 1. The van der Waals surface area contributed by atoms with E-state index in [9.17, 15) is 19.0 Å². The second-order valence-electron chi connectivity index (χ2n) is 11.3. The van der Waals surface area contributed by atoms with E-state index in [-0.39, 0.29) is 13.0 Å². The number of hydrogen-bond acceptors (Lipinski definition) is 8. The van der Waals surface area contributed by atoms with E-state index in [1.807, 2.05) is 0 Å². The minimum Gasteiger partial charge on any atom is -0.480 e. The molecule has 4 N–H and O–H groups in total. The highest BCUT2D eigenvalue weighted by Crippen LogP contribution is 2.43. The van der Waals surface area contributed by atoms with Crippen LogP contribution in [0.15, 0.2) is 24.3 Å². The zero-order valence-electron chi connectivity index (χ0n) is 27.5. The number of phosphoric acid groups is 1. The molecule has 258 valence electrons. The molecule has 0 bridgehead atoms. The van der Waals surface area contributed by atoms with Crippen molar-refractivity contribution >= 4 is 19.8 Å². The Morgan fingerprint density at radius 2 is 1.27 bits per heavy atom. The smallest absolute Gasteiger partial charge is 0.472 e. The molecule has 0 saturated carbocycles. The van der Waals surface area contributed by atoms with Crippen LogP contribution in [0.4, 0.5) is 0 Å². The molecule has 11 heteroatoms. The quantitative estimate of drug-likeness (QED) is 0.0283. The van der Waals surface area contributed by atoms with Crippen molar-refractivity contribution in [1.29, 1.82) is 0 Å². The summed E-state index contributed by atoms with van der Waals surface area (Å²) in [4.78, 5) is 33.2. The molecule has 0 heterocycles. The fourth-order valence-corrected chi connectivity index (χ4v) is 5.04. The number of unbranched alkanes of at least 4 members (excludes halogenated alkanes) is 14. The van der Waals surface area contributed by atoms with Crippen molar-refractivity contribution in [2.45, 2.75) is 148 Å². The lowest BCUT2D eigenvalue weighted by Gasteiger charge is -2.20. The third kappa shape index (κ3) is 29.2. The van der Waals surface area contributed by atoms with Crippen LogP contribution in [-0.4, -0.2) is 60.5 Å². The van der Waals surface area contributed by atoms with E-state index >= 15 is 0 Å². The van der Waals surface area contributed by atoms with Crippen LogP contribution in [0.2, 0.25) is 0 Å². The summed E-state index contributed by atoms with van der Waals surface area (Å²) in [5.41, 5.74) is 5.31. The van der Waals surface area contributed by atoms with Crippen LogP contribution in [0.1, 0.15) is 136 Å². The maximum Gasteiger partial charge on any atom is 0.472 e. The van der Waals surface area contributed by atoms with Crippen LogP contribution < -0.4 is 5.73 Å². The van der Waals surface area contributed by atoms with E-state index < -0.39 is 45.1 Å². The number of nitrogens with two attached hydrogens (primary N) is 1. The summed E-state index contributed by atoms with van der Waals surface area (Å²) in [6, 6.07) is -1.47. The van der Waals surface area contributed by atoms with Crippen LogP contribution in [0.25, 0.3) is 0 Å². The Kier molecular flexibility index (Phi) is 29.1. The number of carboxylic acid groups (broad SMARTS) is 1. The van der Waals surface area contributed by atoms with Gasteiger partial charge < -0.3 is 25.2 Å². The van der Waals surface area contributed by atoms with Crippen molar-refractivity contribution in [2.24, 2.45) is 5.73 Å². The summed E-state index contributed by atoms with van der Waals surface area (Å²) in [7, 11) is -4.60. The van der Waals surface area contributed by atoms with E-state index in [4.69, 9.17) is 24.8 Å². The van der Waals surface area contributed by atoms with Gasteiger partial charge in [-0.2, -0.15) is 0 Å². The van der Waals surface area contributed by atoms with E-state index in [2.05, 4.69) is 42.7 Å². The average molecular weight is 648 g/mol. The fourth-order valence-electron chi connectivity index (χ4n) is 4.26. The van der Waals surface area contributed by atoms with Gasteiger partial charge in [-0.15, -0.1) is 0 Å². The Morgan fingerprint density at radius 3 is 1.91 bits per heavy atom. The Balaban J connectivity index is 4.36. The van der Waals surface area contributed by atoms with Crippen molar-refractivity contribution in [3.05, 3.63) is 24.3 Å². The van der Waals surface area contributed by atoms with E-state index in [0.717, 1.165) is 64.2 Å². The molecule has 3 unspecified atom stereocenters. The number of carbonyl (C=O) groups is 2. The lowest BCUT2D eigenvalue weighted by Crippen LogP contribution is -2.34. The number of phosphoric ester groups is 1. The molecule has 0 fully saturated rings. The molecular weight excluding hydrogens is 585 g/mol. The first-order chi connectivity index (χ1) is 21.2. The molecule has 44 heavy (non-hydrogen) atoms. The molecule has 0 aliphatic carbocycles. The zero-order chi connectivity index (χ0) is 32.7. The third-order valence-corrected chi connectivity index (χ3v) is 7.93. The van der Waals surface area contributed by atoms with Crippen LogP contribution >= 0.6 is 7.82 Å². The van der Waals surface area contributed by atoms with E-state index in [1.165, 1.54) is 44.9 Å². The molecule has 0 aliphatic heterocycles. The largest absolute Gasteiger partial charge is 0.480 e. The molecule has 0 amide bonds. The van der Waals surface area contributed by atoms with Gasteiger partial charge in [0.05, 0.1) is 19.8 Å². The highest BCUT2D eigenvalue weighted by Gasteiger charge is 2.27. The van der Waals surface area contributed by atoms with E-state index in [0.29, 0.717) is 13.0 Å². The average Bonchev–Trinajstić information content (AvgIpc) is 2.99. The van der Waals surface area contributed by atoms with Crippen molar-refractivity contribution < 1.29 is 42.7 Å². The SMILES string of the molecule is CCCC/C=C\C/C=C\CCCCCCCC(=O)OC(COCCCCCCCCCC)COP(=O)(O)OCC(N)C(=O)O. The highest BCUT2D eigenvalue weighted by atomic mass is 31.2. The van der Waals surface area contributed by atoms with Gasteiger partial charge in [-0.3, -0.25) is 18.6 Å². The standard InChI is InChI=1S/C33H62NO9P/c1-3-5-7-9-11-13-14-15-16-17-18-19-21-23-25-32(35)43-30(27-40-26-24-22-20-12-10-8-6-4-2)28-41-44(38,39)42-29-31(34)33(36)37/h9,11,14-15,30-31H,3-8,10,12-13,16-29,34H2,1-2H3,(H,36,37)(H,38,39)/b11-9-,15-14-. The first-order valence-corrected chi connectivity index (χ1v) is 18.4. The number of carbonyl (C=O) groups excluding carboxylic acids is 1. The van der Waals surface area contributed by atoms with Gasteiger partial charge in [0.15, 0.2) is 0 Å². The van der Waals surface area contributed by atoms with Crippen molar-refractivity contribution in [1.82, 2.24) is 0 Å². The maximum absolute atomic E-state index is 12.5. The van der Waals surface area contributed by atoms with Crippen LogP contribution in [0.5, 0.6) is 0 Å². The van der Waals surface area contributed by atoms with Crippen molar-refractivity contribution in [3.63, 3.8) is 0 Å². The Hall–Kier alpha value is -1.55. The van der Waals surface area contributed by atoms with Gasteiger partial charge in [-0.25, -0.2) is 4.57 Å². The van der Waals surface area contributed by atoms with Crippen LogP contribution in [-0.2, 0) is 32.7 Å². The molecule has 0 spiro atoms. The minimum atomic E-state index is -4.60. The fraction of sp³-hybridized carbons (Fsp3) is 0.818. The number of rotatable bonds is 32. The van der Waals surface area contributed by atoms with Gasteiger partial charge in [0.2, 0.25) is 0 Å². The van der Waals surface area contributed by atoms with E-state index in [1.54, 1.807) is 0 Å². The second kappa shape index (κ2) is 30.1. The summed E-state index contributed by atoms with van der Waals surface area (Å²) in [6.07, 6.45) is 28.1. The predicted octanol–water partition coefficient (Wildman–Crippen LogP) is 8.02. The van der Waals surface area contributed by atoms with Gasteiger partial charge in [0.25, 0.3) is 0 Å². The monoisotopic (exact) mass is 647 g/mol. The summed E-state index contributed by atoms with van der Waals surface area (Å²) in [5, 5.41) is 8.82. The summed E-state index contributed by atoms with van der Waals surface area (Å²) < 4.78 is 33.0. The number of aliphatic carboxylic acids is 1. The first kappa shape index (κ1) is 42.5.